The number of carbonyl (C=O) groups is 1. The van der Waals surface area contributed by atoms with Crippen LogP contribution in [-0.4, -0.2) is 38.3 Å². The largest absolute Gasteiger partial charge is 0.381 e. The molecule has 0 aliphatic carbocycles. The SMILES string of the molecule is CC(C)CCCCCCNCC(=O)NC1CCOCC1. The standard InChI is InChI=1S/C16H32N2O2/c1-14(2)7-5-3-4-6-10-17-13-16(19)18-15-8-11-20-12-9-15/h14-15,17H,3-13H2,1-2H3,(H,18,19). The maximum absolute atomic E-state index is 11.7. The van der Waals surface area contributed by atoms with Gasteiger partial charge in [-0.3, -0.25) is 4.79 Å². The van der Waals surface area contributed by atoms with Gasteiger partial charge in [-0.2, -0.15) is 0 Å². The van der Waals surface area contributed by atoms with Crippen molar-refractivity contribution in [3.63, 3.8) is 0 Å². The first-order valence-electron chi connectivity index (χ1n) is 8.26. The zero-order valence-corrected chi connectivity index (χ0v) is 13.2. The van der Waals surface area contributed by atoms with Crippen molar-refractivity contribution in [1.82, 2.24) is 10.6 Å². The predicted molar refractivity (Wildman–Crippen MR) is 82.8 cm³/mol. The molecule has 4 nitrogen and oxygen atoms in total. The Morgan fingerprint density at radius 1 is 1.15 bits per heavy atom. The van der Waals surface area contributed by atoms with Gasteiger partial charge in [-0.15, -0.1) is 0 Å². The Kier molecular flexibility index (Phi) is 9.67. The third-order valence-corrected chi connectivity index (χ3v) is 3.76. The van der Waals surface area contributed by atoms with Gasteiger partial charge in [0.1, 0.15) is 0 Å². The van der Waals surface area contributed by atoms with E-state index in [1.807, 2.05) is 0 Å². The van der Waals surface area contributed by atoms with Gasteiger partial charge in [0.15, 0.2) is 0 Å². The molecular formula is C16H32N2O2. The Morgan fingerprint density at radius 2 is 1.85 bits per heavy atom. The molecule has 0 aromatic heterocycles. The molecule has 0 unspecified atom stereocenters. The molecule has 1 aliphatic rings. The van der Waals surface area contributed by atoms with Gasteiger partial charge in [0.25, 0.3) is 0 Å². The third kappa shape index (κ3) is 9.32. The molecule has 20 heavy (non-hydrogen) atoms. The fourth-order valence-corrected chi connectivity index (χ4v) is 2.48. The molecule has 2 N–H and O–H groups in total. The van der Waals surface area contributed by atoms with Gasteiger partial charge >= 0.3 is 0 Å². The zero-order chi connectivity index (χ0) is 14.6. The van der Waals surface area contributed by atoms with Gasteiger partial charge < -0.3 is 15.4 Å². The molecule has 1 heterocycles. The number of ether oxygens (including phenoxy) is 1. The molecule has 0 radical (unpaired) electrons. The summed E-state index contributed by atoms with van der Waals surface area (Å²) in [6.07, 6.45) is 8.31. The van der Waals surface area contributed by atoms with Crippen molar-refractivity contribution in [2.45, 2.75) is 64.8 Å². The first kappa shape index (κ1) is 17.4. The Bertz CT molecular complexity index is 251. The number of hydrogen-bond donors (Lipinski definition) is 2. The molecular weight excluding hydrogens is 252 g/mol. The smallest absolute Gasteiger partial charge is 0.234 e. The summed E-state index contributed by atoms with van der Waals surface area (Å²) in [7, 11) is 0. The van der Waals surface area contributed by atoms with E-state index in [1.54, 1.807) is 0 Å². The van der Waals surface area contributed by atoms with E-state index < -0.39 is 0 Å². The highest BCUT2D eigenvalue weighted by atomic mass is 16.5. The van der Waals surface area contributed by atoms with Crippen molar-refractivity contribution in [2.24, 2.45) is 5.92 Å². The Morgan fingerprint density at radius 3 is 2.55 bits per heavy atom. The Hall–Kier alpha value is -0.610. The van der Waals surface area contributed by atoms with Crippen LogP contribution in [0.2, 0.25) is 0 Å². The van der Waals surface area contributed by atoms with E-state index in [1.165, 1.54) is 32.1 Å². The number of hydrogen-bond acceptors (Lipinski definition) is 3. The first-order valence-corrected chi connectivity index (χ1v) is 8.26. The van der Waals surface area contributed by atoms with E-state index >= 15 is 0 Å². The molecule has 4 heteroatoms. The van der Waals surface area contributed by atoms with Gasteiger partial charge in [0.05, 0.1) is 6.54 Å². The van der Waals surface area contributed by atoms with Crippen molar-refractivity contribution in [3.05, 3.63) is 0 Å². The van der Waals surface area contributed by atoms with Crippen LogP contribution in [-0.2, 0) is 9.53 Å². The molecule has 1 amide bonds. The lowest BCUT2D eigenvalue weighted by atomic mass is 10.0. The summed E-state index contributed by atoms with van der Waals surface area (Å²) in [4.78, 5) is 11.7. The van der Waals surface area contributed by atoms with Gasteiger partial charge in [-0.25, -0.2) is 0 Å². The predicted octanol–water partition coefficient (Wildman–Crippen LogP) is 2.48. The van der Waals surface area contributed by atoms with E-state index in [-0.39, 0.29) is 5.91 Å². The van der Waals surface area contributed by atoms with Crippen LogP contribution in [0.1, 0.15) is 58.8 Å². The fourth-order valence-electron chi connectivity index (χ4n) is 2.48. The van der Waals surface area contributed by atoms with Gasteiger partial charge in [-0.05, 0) is 31.7 Å². The van der Waals surface area contributed by atoms with Crippen LogP contribution < -0.4 is 10.6 Å². The first-order chi connectivity index (χ1) is 9.68. The van der Waals surface area contributed by atoms with Crippen LogP contribution in [0.3, 0.4) is 0 Å². The molecule has 0 aromatic rings. The summed E-state index contributed by atoms with van der Waals surface area (Å²) in [5, 5.41) is 6.29. The number of rotatable bonds is 10. The minimum atomic E-state index is 0.122. The molecule has 0 spiro atoms. The molecule has 0 bridgehead atoms. The van der Waals surface area contributed by atoms with Gasteiger partial charge in [-0.1, -0.05) is 39.5 Å². The van der Waals surface area contributed by atoms with Crippen molar-refractivity contribution >= 4 is 5.91 Å². The van der Waals surface area contributed by atoms with E-state index in [9.17, 15) is 4.79 Å². The highest BCUT2D eigenvalue weighted by molar-refractivity contribution is 5.78. The van der Waals surface area contributed by atoms with Crippen molar-refractivity contribution in [3.8, 4) is 0 Å². The summed E-state index contributed by atoms with van der Waals surface area (Å²) < 4.78 is 5.27. The molecule has 1 aliphatic heterocycles. The van der Waals surface area contributed by atoms with Crippen LogP contribution in [0, 0.1) is 5.92 Å². The normalized spacial score (nSPS) is 16.6. The van der Waals surface area contributed by atoms with Crippen LogP contribution in [0.15, 0.2) is 0 Å². The molecule has 0 atom stereocenters. The maximum Gasteiger partial charge on any atom is 0.234 e. The highest BCUT2D eigenvalue weighted by Gasteiger charge is 2.15. The zero-order valence-electron chi connectivity index (χ0n) is 13.2. The lowest BCUT2D eigenvalue weighted by Crippen LogP contribution is -2.43. The summed E-state index contributed by atoms with van der Waals surface area (Å²) in [5.41, 5.74) is 0. The van der Waals surface area contributed by atoms with E-state index in [0.717, 1.165) is 38.5 Å². The summed E-state index contributed by atoms with van der Waals surface area (Å²) >= 11 is 0. The fraction of sp³-hybridized carbons (Fsp3) is 0.938. The van der Waals surface area contributed by atoms with Crippen molar-refractivity contribution in [2.75, 3.05) is 26.3 Å². The summed E-state index contributed by atoms with van der Waals surface area (Å²) in [6.45, 7) is 7.49. The highest BCUT2D eigenvalue weighted by Crippen LogP contribution is 2.09. The second-order valence-electron chi connectivity index (χ2n) is 6.23. The second kappa shape index (κ2) is 11.1. The minimum absolute atomic E-state index is 0.122. The van der Waals surface area contributed by atoms with Crippen LogP contribution in [0.25, 0.3) is 0 Å². The lowest BCUT2D eigenvalue weighted by molar-refractivity contribution is -0.121. The van der Waals surface area contributed by atoms with Gasteiger partial charge in [0, 0.05) is 19.3 Å². The van der Waals surface area contributed by atoms with Crippen LogP contribution >= 0.6 is 0 Å². The maximum atomic E-state index is 11.7. The summed E-state index contributed by atoms with van der Waals surface area (Å²) in [5.74, 6) is 0.943. The Balaban J connectivity index is 1.86. The van der Waals surface area contributed by atoms with E-state index in [2.05, 4.69) is 24.5 Å². The van der Waals surface area contributed by atoms with Crippen LogP contribution in [0.4, 0.5) is 0 Å². The molecule has 0 aromatic carbocycles. The average Bonchev–Trinajstić information content (AvgIpc) is 2.42. The van der Waals surface area contributed by atoms with Crippen LogP contribution in [0.5, 0.6) is 0 Å². The lowest BCUT2D eigenvalue weighted by Gasteiger charge is -2.23. The van der Waals surface area contributed by atoms with E-state index in [4.69, 9.17) is 4.74 Å². The molecule has 1 fully saturated rings. The Labute approximate surface area is 124 Å². The molecule has 1 rings (SSSR count). The molecule has 0 saturated carbocycles. The molecule has 118 valence electrons. The van der Waals surface area contributed by atoms with Crippen molar-refractivity contribution < 1.29 is 9.53 Å². The topological polar surface area (TPSA) is 50.4 Å². The third-order valence-electron chi connectivity index (χ3n) is 3.76. The summed E-state index contributed by atoms with van der Waals surface area (Å²) in [6, 6.07) is 0.314. The number of nitrogens with one attached hydrogen (secondary N) is 2. The van der Waals surface area contributed by atoms with Gasteiger partial charge in [0.2, 0.25) is 5.91 Å². The molecule has 1 saturated heterocycles. The number of carbonyl (C=O) groups excluding carboxylic acids is 1. The average molecular weight is 284 g/mol. The minimum Gasteiger partial charge on any atom is -0.381 e. The number of amides is 1. The monoisotopic (exact) mass is 284 g/mol. The second-order valence-corrected chi connectivity index (χ2v) is 6.23. The van der Waals surface area contributed by atoms with Crippen molar-refractivity contribution in [1.29, 1.82) is 0 Å². The number of unbranched alkanes of at least 4 members (excludes halogenated alkanes) is 3. The van der Waals surface area contributed by atoms with E-state index in [0.29, 0.717) is 12.6 Å². The quantitative estimate of drug-likeness (QED) is 0.606.